The summed E-state index contributed by atoms with van der Waals surface area (Å²) in [7, 11) is 0. The summed E-state index contributed by atoms with van der Waals surface area (Å²) in [6, 6.07) is 11.8. The molecule has 7 heteroatoms. The van der Waals surface area contributed by atoms with Crippen LogP contribution < -0.4 is 0 Å². The van der Waals surface area contributed by atoms with E-state index in [0.29, 0.717) is 12.1 Å². The Morgan fingerprint density at radius 2 is 1.93 bits per heavy atom. The zero-order valence-electron chi connectivity index (χ0n) is 15.7. The van der Waals surface area contributed by atoms with Crippen LogP contribution in [-0.2, 0) is 17.5 Å². The number of pyridine rings is 1. The molecule has 0 spiro atoms. The number of piperidine rings is 1. The number of fused-ring (bicyclic) bond motifs is 2. The topological polar surface area (TPSA) is 42.4 Å². The zero-order chi connectivity index (χ0) is 20.4. The van der Waals surface area contributed by atoms with Gasteiger partial charge in [0.25, 0.3) is 0 Å². The summed E-state index contributed by atoms with van der Waals surface area (Å²) in [5.74, 6) is 0. The summed E-state index contributed by atoms with van der Waals surface area (Å²) in [5, 5.41) is 0. The van der Waals surface area contributed by atoms with Gasteiger partial charge in [0.1, 0.15) is 6.61 Å². The molecule has 2 aliphatic rings. The molecule has 1 saturated heterocycles. The number of alkyl halides is 3. The molecule has 3 heterocycles. The van der Waals surface area contributed by atoms with E-state index >= 15 is 0 Å². The molecule has 0 radical (unpaired) electrons. The fourth-order valence-corrected chi connectivity index (χ4v) is 4.05. The van der Waals surface area contributed by atoms with Gasteiger partial charge < -0.3 is 4.74 Å². The first-order chi connectivity index (χ1) is 13.9. The molecule has 2 aliphatic heterocycles. The predicted octanol–water partition coefficient (Wildman–Crippen LogP) is 5.45. The molecule has 4 nitrogen and oxygen atoms in total. The van der Waals surface area contributed by atoms with Gasteiger partial charge in [0.05, 0.1) is 17.3 Å². The van der Waals surface area contributed by atoms with Crippen molar-refractivity contribution in [2.45, 2.75) is 50.6 Å². The van der Waals surface area contributed by atoms with Gasteiger partial charge in [-0.2, -0.15) is 13.2 Å². The summed E-state index contributed by atoms with van der Waals surface area (Å²) in [6.45, 7) is 0.215. The van der Waals surface area contributed by atoms with E-state index in [1.807, 2.05) is 36.4 Å². The van der Waals surface area contributed by atoms with Gasteiger partial charge in [0, 0.05) is 12.2 Å². The summed E-state index contributed by atoms with van der Waals surface area (Å²) < 4.78 is 43.8. The van der Waals surface area contributed by atoms with Gasteiger partial charge in [-0.1, -0.05) is 36.4 Å². The maximum atomic E-state index is 12.8. The first-order valence-corrected chi connectivity index (χ1v) is 9.65. The Morgan fingerprint density at radius 3 is 2.59 bits per heavy atom. The zero-order valence-corrected chi connectivity index (χ0v) is 15.7. The van der Waals surface area contributed by atoms with Gasteiger partial charge in [-0.25, -0.2) is 4.79 Å². The number of ether oxygens (including phenoxy) is 1. The number of carbonyl (C=O) groups excluding carboxylic acids is 1. The van der Waals surface area contributed by atoms with Crippen LogP contribution in [0.15, 0.2) is 54.7 Å². The first kappa shape index (κ1) is 19.5. The Hall–Kier alpha value is -2.83. The molecule has 2 bridgehead atoms. The van der Waals surface area contributed by atoms with Gasteiger partial charge in [-0.05, 0) is 49.0 Å². The lowest BCUT2D eigenvalue weighted by Crippen LogP contribution is -2.51. The highest BCUT2D eigenvalue weighted by Gasteiger charge is 2.38. The Kier molecular flexibility index (Phi) is 5.30. The minimum Gasteiger partial charge on any atom is -0.445 e. The maximum absolute atomic E-state index is 12.8. The molecular weight excluding hydrogens is 381 g/mol. The molecule has 1 fully saturated rings. The standard InChI is InChI=1S/C22H21F3N2O2/c23-22(24,25)17-9-10-20(26-13-17)16-11-18-7-4-8-19(12-16)27(18)21(28)29-14-15-5-2-1-3-6-15/h1-3,5-6,9-11,13,18-19H,4,7-8,12,14H2. The van der Waals surface area contributed by atoms with Crippen molar-refractivity contribution in [2.24, 2.45) is 0 Å². The molecule has 1 amide bonds. The molecule has 1 aromatic heterocycles. The number of hydrogen-bond donors (Lipinski definition) is 0. The SMILES string of the molecule is O=C(OCc1ccccc1)N1C2C=C(c3ccc(C(F)(F)F)cn3)CC1CCC2. The van der Waals surface area contributed by atoms with Crippen molar-refractivity contribution in [3.05, 3.63) is 71.6 Å². The number of halogens is 3. The second-order valence-corrected chi connectivity index (χ2v) is 7.43. The number of hydrogen-bond acceptors (Lipinski definition) is 3. The number of carbonyl (C=O) groups is 1. The van der Waals surface area contributed by atoms with Crippen LogP contribution in [0.2, 0.25) is 0 Å². The van der Waals surface area contributed by atoms with E-state index in [4.69, 9.17) is 4.74 Å². The van der Waals surface area contributed by atoms with Crippen molar-refractivity contribution in [3.8, 4) is 0 Å². The van der Waals surface area contributed by atoms with E-state index in [1.165, 1.54) is 6.07 Å². The summed E-state index contributed by atoms with van der Waals surface area (Å²) >= 11 is 0. The van der Waals surface area contributed by atoms with Crippen molar-refractivity contribution in [3.63, 3.8) is 0 Å². The molecule has 1 aromatic carbocycles. The van der Waals surface area contributed by atoms with Crippen molar-refractivity contribution >= 4 is 11.7 Å². The average Bonchev–Trinajstić information content (AvgIpc) is 2.71. The van der Waals surface area contributed by atoms with Crippen LogP contribution >= 0.6 is 0 Å². The van der Waals surface area contributed by atoms with E-state index in [2.05, 4.69) is 4.98 Å². The Labute approximate surface area is 167 Å². The third kappa shape index (κ3) is 4.28. The molecule has 2 aromatic rings. The highest BCUT2D eigenvalue weighted by molar-refractivity contribution is 5.73. The van der Waals surface area contributed by atoms with E-state index < -0.39 is 11.7 Å². The smallest absolute Gasteiger partial charge is 0.417 e. The first-order valence-electron chi connectivity index (χ1n) is 9.65. The quantitative estimate of drug-likeness (QED) is 0.686. The van der Waals surface area contributed by atoms with Crippen LogP contribution in [0.4, 0.5) is 18.0 Å². The minimum absolute atomic E-state index is 0.0267. The molecule has 0 aliphatic carbocycles. The summed E-state index contributed by atoms with van der Waals surface area (Å²) in [6.07, 6.45) is 1.29. The van der Waals surface area contributed by atoms with Crippen LogP contribution in [0, 0.1) is 0 Å². The lowest BCUT2D eigenvalue weighted by molar-refractivity contribution is -0.137. The summed E-state index contributed by atoms with van der Waals surface area (Å²) in [4.78, 5) is 18.5. The Morgan fingerprint density at radius 1 is 1.14 bits per heavy atom. The minimum atomic E-state index is -4.40. The lowest BCUT2D eigenvalue weighted by Gasteiger charge is -2.44. The molecule has 0 saturated carbocycles. The number of nitrogens with zero attached hydrogens (tertiary/aromatic N) is 2. The largest absolute Gasteiger partial charge is 0.445 e. The number of benzene rings is 1. The van der Waals surface area contributed by atoms with Crippen LogP contribution in [0.25, 0.3) is 5.57 Å². The number of aromatic nitrogens is 1. The monoisotopic (exact) mass is 402 g/mol. The van der Waals surface area contributed by atoms with Gasteiger partial charge in [0.15, 0.2) is 0 Å². The molecule has 2 atom stereocenters. The van der Waals surface area contributed by atoms with E-state index in [-0.39, 0.29) is 24.8 Å². The third-order valence-electron chi connectivity index (χ3n) is 5.47. The van der Waals surface area contributed by atoms with E-state index in [9.17, 15) is 18.0 Å². The molecule has 4 rings (SSSR count). The highest BCUT2D eigenvalue weighted by atomic mass is 19.4. The van der Waals surface area contributed by atoms with Crippen LogP contribution in [0.3, 0.4) is 0 Å². The maximum Gasteiger partial charge on any atom is 0.417 e. The Balaban J connectivity index is 1.49. The second-order valence-electron chi connectivity index (χ2n) is 7.43. The second kappa shape index (κ2) is 7.89. The number of amides is 1. The van der Waals surface area contributed by atoms with Crippen molar-refractivity contribution < 1.29 is 22.7 Å². The molecule has 2 unspecified atom stereocenters. The van der Waals surface area contributed by atoms with Crippen LogP contribution in [0.1, 0.15) is 42.5 Å². The molecular formula is C22H21F3N2O2. The summed E-state index contributed by atoms with van der Waals surface area (Å²) in [5.41, 5.74) is 1.59. The predicted molar refractivity (Wildman–Crippen MR) is 102 cm³/mol. The van der Waals surface area contributed by atoms with Crippen LogP contribution in [0.5, 0.6) is 0 Å². The van der Waals surface area contributed by atoms with E-state index in [1.54, 1.807) is 4.90 Å². The van der Waals surface area contributed by atoms with E-state index in [0.717, 1.165) is 42.7 Å². The van der Waals surface area contributed by atoms with Crippen LogP contribution in [-0.4, -0.2) is 28.1 Å². The fourth-order valence-electron chi connectivity index (χ4n) is 4.05. The van der Waals surface area contributed by atoms with Crippen molar-refractivity contribution in [1.82, 2.24) is 9.88 Å². The van der Waals surface area contributed by atoms with Crippen molar-refractivity contribution in [2.75, 3.05) is 0 Å². The molecule has 29 heavy (non-hydrogen) atoms. The van der Waals surface area contributed by atoms with Gasteiger partial charge in [0.2, 0.25) is 0 Å². The van der Waals surface area contributed by atoms with Gasteiger partial charge >= 0.3 is 12.3 Å². The van der Waals surface area contributed by atoms with Gasteiger partial charge in [-0.3, -0.25) is 9.88 Å². The molecule has 152 valence electrons. The number of rotatable bonds is 3. The highest BCUT2D eigenvalue weighted by Crippen LogP contribution is 2.37. The Bertz CT molecular complexity index is 895. The fraction of sp³-hybridized carbons (Fsp3) is 0.364. The normalized spacial score (nSPS) is 21.5. The van der Waals surface area contributed by atoms with Crippen molar-refractivity contribution in [1.29, 1.82) is 0 Å². The van der Waals surface area contributed by atoms with Gasteiger partial charge in [-0.15, -0.1) is 0 Å². The third-order valence-corrected chi connectivity index (χ3v) is 5.47. The molecule has 0 N–H and O–H groups in total. The lowest BCUT2D eigenvalue weighted by atomic mass is 9.84. The average molecular weight is 402 g/mol.